The van der Waals surface area contributed by atoms with Crippen molar-refractivity contribution in [2.45, 2.75) is 45.1 Å². The van der Waals surface area contributed by atoms with Crippen molar-refractivity contribution in [3.8, 4) is 0 Å². The molecular formula is C23H29ClN4O3. The number of amides is 2. The van der Waals surface area contributed by atoms with Crippen molar-refractivity contribution in [2.75, 3.05) is 26.2 Å². The number of rotatable bonds is 4. The Morgan fingerprint density at radius 2 is 1.45 bits per heavy atom. The summed E-state index contributed by atoms with van der Waals surface area (Å²) in [6.45, 7) is 3.33. The number of fused-ring (bicyclic) bond motifs is 1. The first kappa shape index (κ1) is 20.6. The van der Waals surface area contributed by atoms with Crippen LogP contribution in [-0.2, 0) is 16.1 Å². The summed E-state index contributed by atoms with van der Waals surface area (Å²) in [5, 5.41) is 0.609. The first-order chi connectivity index (χ1) is 15.0. The number of nitrogens with zero attached hydrogens (tertiary/aromatic N) is 3. The number of hydrogen-bond donors (Lipinski definition) is 1. The molecule has 0 radical (unpaired) electrons. The van der Waals surface area contributed by atoms with Gasteiger partial charge in [-0.25, -0.2) is 4.79 Å². The van der Waals surface area contributed by atoms with Gasteiger partial charge in [0.05, 0.1) is 11.0 Å². The van der Waals surface area contributed by atoms with Gasteiger partial charge in [-0.05, 0) is 62.6 Å². The maximum atomic E-state index is 13.0. The maximum absolute atomic E-state index is 13.0. The van der Waals surface area contributed by atoms with E-state index in [1.165, 1.54) is 0 Å². The lowest BCUT2D eigenvalue weighted by atomic mass is 9.81. The third kappa shape index (κ3) is 4.25. The van der Waals surface area contributed by atoms with E-state index in [1.54, 1.807) is 16.7 Å². The Kier molecular flexibility index (Phi) is 5.54. The topological polar surface area (TPSA) is 78.4 Å². The molecule has 31 heavy (non-hydrogen) atoms. The van der Waals surface area contributed by atoms with Gasteiger partial charge >= 0.3 is 5.69 Å². The molecule has 8 heteroatoms. The largest absolute Gasteiger partial charge is 0.339 e. The molecule has 2 aliphatic carbocycles. The Morgan fingerprint density at radius 3 is 2.00 bits per heavy atom. The number of carbonyl (C=O) groups is 2. The first-order valence-corrected chi connectivity index (χ1v) is 11.8. The summed E-state index contributed by atoms with van der Waals surface area (Å²) < 4.78 is 1.80. The third-order valence-corrected chi connectivity index (χ3v) is 7.44. The molecule has 2 saturated carbocycles. The van der Waals surface area contributed by atoms with Gasteiger partial charge in [0.15, 0.2) is 0 Å². The molecule has 5 rings (SSSR count). The summed E-state index contributed by atoms with van der Waals surface area (Å²) in [5.74, 6) is 1.24. The molecule has 0 unspecified atom stereocenters. The van der Waals surface area contributed by atoms with E-state index in [4.69, 9.17) is 11.6 Å². The summed E-state index contributed by atoms with van der Waals surface area (Å²) in [7, 11) is 0. The highest BCUT2D eigenvalue weighted by Crippen LogP contribution is 2.33. The van der Waals surface area contributed by atoms with Crippen molar-refractivity contribution in [3.63, 3.8) is 0 Å². The number of benzene rings is 1. The molecule has 3 aliphatic rings. The van der Waals surface area contributed by atoms with E-state index in [1.807, 2.05) is 15.9 Å². The fraction of sp³-hybridized carbons (Fsp3) is 0.609. The molecule has 0 atom stereocenters. The molecule has 2 heterocycles. The molecule has 0 spiro atoms. The Morgan fingerprint density at radius 1 is 0.903 bits per heavy atom. The minimum atomic E-state index is -0.103. The highest BCUT2D eigenvalue weighted by molar-refractivity contribution is 6.31. The smallest absolute Gasteiger partial charge is 0.326 e. The van der Waals surface area contributed by atoms with Crippen LogP contribution < -0.4 is 5.69 Å². The summed E-state index contributed by atoms with van der Waals surface area (Å²) in [4.78, 5) is 44.4. The van der Waals surface area contributed by atoms with Gasteiger partial charge in [0.25, 0.3) is 0 Å². The molecule has 1 saturated heterocycles. The monoisotopic (exact) mass is 444 g/mol. The van der Waals surface area contributed by atoms with E-state index in [0.717, 1.165) is 49.6 Å². The van der Waals surface area contributed by atoms with Gasteiger partial charge in [0, 0.05) is 49.6 Å². The molecule has 2 amide bonds. The average Bonchev–Trinajstić information content (AvgIpc) is 3.59. The second-order valence-corrected chi connectivity index (χ2v) is 9.78. The molecule has 3 fully saturated rings. The lowest BCUT2D eigenvalue weighted by molar-refractivity contribution is -0.143. The third-order valence-electron chi connectivity index (χ3n) is 7.20. The molecule has 0 bridgehead atoms. The quantitative estimate of drug-likeness (QED) is 0.787. The Hall–Kier alpha value is -2.28. The second-order valence-electron chi connectivity index (χ2n) is 9.34. The average molecular weight is 445 g/mol. The first-order valence-electron chi connectivity index (χ1n) is 11.5. The van der Waals surface area contributed by atoms with E-state index in [-0.39, 0.29) is 29.3 Å². The number of nitrogens with one attached hydrogen (secondary N) is 1. The van der Waals surface area contributed by atoms with Crippen LogP contribution in [0, 0.1) is 17.8 Å². The molecule has 166 valence electrons. The van der Waals surface area contributed by atoms with Gasteiger partial charge in [0.1, 0.15) is 0 Å². The van der Waals surface area contributed by atoms with Crippen molar-refractivity contribution < 1.29 is 9.59 Å². The van der Waals surface area contributed by atoms with Gasteiger partial charge in [-0.15, -0.1) is 0 Å². The van der Waals surface area contributed by atoms with Crippen LogP contribution >= 0.6 is 11.6 Å². The minimum Gasteiger partial charge on any atom is -0.339 e. The van der Waals surface area contributed by atoms with Crippen LogP contribution in [0.4, 0.5) is 0 Å². The number of halogens is 1. The SMILES string of the molecule is O=C(C1CC1)N1CCN(C(=O)[C@H]2CC[C@H](Cn3c(=O)[nH]c4cc(Cl)ccc43)CC2)CC1. The van der Waals surface area contributed by atoms with Crippen LogP contribution in [0.5, 0.6) is 0 Å². The zero-order valence-electron chi connectivity index (χ0n) is 17.7. The number of hydrogen-bond acceptors (Lipinski definition) is 3. The van der Waals surface area contributed by atoms with Crippen molar-refractivity contribution in [2.24, 2.45) is 17.8 Å². The molecule has 1 aromatic carbocycles. The highest BCUT2D eigenvalue weighted by atomic mass is 35.5. The predicted molar refractivity (Wildman–Crippen MR) is 119 cm³/mol. The lowest BCUT2D eigenvalue weighted by Crippen LogP contribution is -2.52. The Labute approximate surface area is 186 Å². The van der Waals surface area contributed by atoms with E-state index in [9.17, 15) is 14.4 Å². The molecule has 1 aromatic heterocycles. The van der Waals surface area contributed by atoms with Gasteiger partial charge in [-0.1, -0.05) is 11.6 Å². The number of aromatic amines is 1. The normalized spacial score (nSPS) is 24.5. The molecule has 7 nitrogen and oxygen atoms in total. The summed E-state index contributed by atoms with van der Waals surface area (Å²) in [6.07, 6.45) is 5.69. The summed E-state index contributed by atoms with van der Waals surface area (Å²) in [6, 6.07) is 5.47. The lowest BCUT2D eigenvalue weighted by Gasteiger charge is -2.38. The summed E-state index contributed by atoms with van der Waals surface area (Å²) >= 11 is 6.04. The van der Waals surface area contributed by atoms with E-state index < -0.39 is 0 Å². The molecule has 2 aromatic rings. The van der Waals surface area contributed by atoms with Gasteiger partial charge in [0.2, 0.25) is 11.8 Å². The van der Waals surface area contributed by atoms with Crippen LogP contribution in [0.25, 0.3) is 11.0 Å². The second kappa shape index (κ2) is 8.34. The number of carbonyl (C=O) groups excluding carboxylic acids is 2. The fourth-order valence-corrected chi connectivity index (χ4v) is 5.33. The predicted octanol–water partition coefficient (Wildman–Crippen LogP) is 2.87. The van der Waals surface area contributed by atoms with E-state index in [0.29, 0.717) is 43.7 Å². The zero-order chi connectivity index (χ0) is 21.5. The van der Waals surface area contributed by atoms with Crippen molar-refractivity contribution in [1.82, 2.24) is 19.4 Å². The van der Waals surface area contributed by atoms with Gasteiger partial charge in [-0.3, -0.25) is 14.2 Å². The minimum absolute atomic E-state index is 0.0698. The standard InChI is InChI=1S/C23H29ClN4O3/c24-18-7-8-20-19(13-18)25-23(31)28(20)14-15-1-3-16(4-2-15)21(29)26-9-11-27(12-10-26)22(30)17-5-6-17/h7-8,13,15-17H,1-6,9-12,14H2,(H,25,31)/t15-,16-. The van der Waals surface area contributed by atoms with Crippen LogP contribution in [0.1, 0.15) is 38.5 Å². The Balaban J connectivity index is 1.14. The van der Waals surface area contributed by atoms with Crippen LogP contribution in [0.3, 0.4) is 0 Å². The molecule has 1 N–H and O–H groups in total. The number of aromatic nitrogens is 2. The van der Waals surface area contributed by atoms with Crippen molar-refractivity contribution in [1.29, 1.82) is 0 Å². The van der Waals surface area contributed by atoms with E-state index >= 15 is 0 Å². The van der Waals surface area contributed by atoms with E-state index in [2.05, 4.69) is 4.98 Å². The molecular weight excluding hydrogens is 416 g/mol. The van der Waals surface area contributed by atoms with Crippen molar-refractivity contribution >= 4 is 34.4 Å². The Bertz CT molecular complexity index is 1040. The number of piperazine rings is 1. The number of H-pyrrole nitrogens is 1. The maximum Gasteiger partial charge on any atom is 0.326 e. The number of imidazole rings is 1. The highest BCUT2D eigenvalue weighted by Gasteiger charge is 2.36. The van der Waals surface area contributed by atoms with Crippen molar-refractivity contribution in [3.05, 3.63) is 33.7 Å². The van der Waals surface area contributed by atoms with Gasteiger partial charge in [-0.2, -0.15) is 0 Å². The van der Waals surface area contributed by atoms with Crippen LogP contribution in [0.2, 0.25) is 5.02 Å². The molecule has 1 aliphatic heterocycles. The summed E-state index contributed by atoms with van der Waals surface area (Å²) in [5.41, 5.74) is 1.54. The fourth-order valence-electron chi connectivity index (χ4n) is 5.16. The van der Waals surface area contributed by atoms with Crippen LogP contribution in [-0.4, -0.2) is 57.3 Å². The van der Waals surface area contributed by atoms with Gasteiger partial charge < -0.3 is 14.8 Å². The van der Waals surface area contributed by atoms with Crippen LogP contribution in [0.15, 0.2) is 23.0 Å². The zero-order valence-corrected chi connectivity index (χ0v) is 18.4.